The zero-order valence-corrected chi connectivity index (χ0v) is 11.6. The average molecular weight is 298 g/mol. The highest BCUT2D eigenvalue weighted by molar-refractivity contribution is 9.10. The summed E-state index contributed by atoms with van der Waals surface area (Å²) in [5.74, 6) is 0.0841. The van der Waals surface area contributed by atoms with Crippen LogP contribution in [0.5, 0.6) is 0 Å². The van der Waals surface area contributed by atoms with Crippen LogP contribution in [0.3, 0.4) is 0 Å². The van der Waals surface area contributed by atoms with E-state index in [4.69, 9.17) is 4.74 Å². The fraction of sp³-hybridized carbons (Fsp3) is 0.462. The van der Waals surface area contributed by atoms with Gasteiger partial charge in [-0.25, -0.2) is 0 Å². The lowest BCUT2D eigenvalue weighted by Gasteiger charge is -2.38. The molecule has 2 atom stereocenters. The normalized spacial score (nSPS) is 24.8. The zero-order valence-electron chi connectivity index (χ0n) is 10.0. The van der Waals surface area contributed by atoms with Crippen LogP contribution in [0.25, 0.3) is 0 Å². The van der Waals surface area contributed by atoms with Crippen molar-refractivity contribution in [3.63, 3.8) is 0 Å². The third-order valence-electron chi connectivity index (χ3n) is 2.99. The van der Waals surface area contributed by atoms with E-state index in [1.54, 1.807) is 0 Å². The summed E-state index contributed by atoms with van der Waals surface area (Å²) in [5, 5.41) is 0. The van der Waals surface area contributed by atoms with Gasteiger partial charge in [0.25, 0.3) is 5.91 Å². The second-order valence-electron chi connectivity index (χ2n) is 4.45. The Bertz CT molecular complexity index is 394. The van der Waals surface area contributed by atoms with Crippen molar-refractivity contribution in [1.82, 2.24) is 4.90 Å². The molecule has 0 radical (unpaired) electrons. The van der Waals surface area contributed by atoms with E-state index in [-0.39, 0.29) is 18.0 Å². The molecule has 1 aliphatic heterocycles. The number of nitrogens with zero attached hydrogens (tertiary/aromatic N) is 1. The second-order valence-corrected chi connectivity index (χ2v) is 5.37. The van der Waals surface area contributed by atoms with Crippen molar-refractivity contribution in [1.29, 1.82) is 0 Å². The summed E-state index contributed by atoms with van der Waals surface area (Å²) in [6.45, 7) is 5.28. The number of rotatable bonds is 1. The Hall–Kier alpha value is -0.870. The van der Waals surface area contributed by atoms with Crippen molar-refractivity contribution in [3.8, 4) is 0 Å². The Balaban J connectivity index is 2.20. The van der Waals surface area contributed by atoms with E-state index in [0.29, 0.717) is 13.2 Å². The number of hydrogen-bond donors (Lipinski definition) is 0. The quantitative estimate of drug-likeness (QED) is 0.798. The molecule has 2 unspecified atom stereocenters. The zero-order chi connectivity index (χ0) is 12.4. The van der Waals surface area contributed by atoms with Crippen LogP contribution in [-0.2, 0) is 4.74 Å². The molecule has 3 nitrogen and oxygen atoms in total. The third-order valence-corrected chi connectivity index (χ3v) is 3.52. The van der Waals surface area contributed by atoms with Crippen LogP contribution >= 0.6 is 15.9 Å². The summed E-state index contributed by atoms with van der Waals surface area (Å²) in [4.78, 5) is 14.3. The fourth-order valence-corrected chi connectivity index (χ4v) is 2.41. The second kappa shape index (κ2) is 5.19. The smallest absolute Gasteiger partial charge is 0.254 e. The van der Waals surface area contributed by atoms with Gasteiger partial charge in [0.05, 0.1) is 25.3 Å². The lowest BCUT2D eigenvalue weighted by Crippen LogP contribution is -2.52. The minimum Gasteiger partial charge on any atom is -0.377 e. The Labute approximate surface area is 110 Å². The van der Waals surface area contributed by atoms with E-state index < -0.39 is 0 Å². The highest BCUT2D eigenvalue weighted by Gasteiger charge is 2.30. The van der Waals surface area contributed by atoms with Gasteiger partial charge in [-0.05, 0) is 38.1 Å². The summed E-state index contributed by atoms with van der Waals surface area (Å²) in [7, 11) is 0. The molecule has 1 heterocycles. The SMILES string of the molecule is CC1COCC(C)N1C(=O)c1ccc(Br)cc1. The van der Waals surface area contributed by atoms with Gasteiger partial charge in [0.15, 0.2) is 0 Å². The molecule has 4 heteroatoms. The number of ether oxygens (including phenoxy) is 1. The number of morpholine rings is 1. The molecular weight excluding hydrogens is 282 g/mol. The molecule has 0 N–H and O–H groups in total. The Morgan fingerprint density at radius 1 is 1.24 bits per heavy atom. The maximum Gasteiger partial charge on any atom is 0.254 e. The molecule has 0 bridgehead atoms. The first-order valence-corrected chi connectivity index (χ1v) is 6.55. The van der Waals surface area contributed by atoms with Gasteiger partial charge in [0.1, 0.15) is 0 Å². The van der Waals surface area contributed by atoms with Gasteiger partial charge in [-0.1, -0.05) is 15.9 Å². The molecule has 0 spiro atoms. The van der Waals surface area contributed by atoms with Gasteiger partial charge < -0.3 is 9.64 Å². The van der Waals surface area contributed by atoms with Crippen molar-refractivity contribution in [3.05, 3.63) is 34.3 Å². The Kier molecular flexibility index (Phi) is 3.84. The monoisotopic (exact) mass is 297 g/mol. The molecule has 0 saturated carbocycles. The van der Waals surface area contributed by atoms with Crippen molar-refractivity contribution in [2.24, 2.45) is 0 Å². The van der Waals surface area contributed by atoms with Crippen molar-refractivity contribution in [2.45, 2.75) is 25.9 Å². The lowest BCUT2D eigenvalue weighted by atomic mass is 10.1. The third kappa shape index (κ3) is 2.69. The number of hydrogen-bond acceptors (Lipinski definition) is 2. The van der Waals surface area contributed by atoms with Crippen LogP contribution in [-0.4, -0.2) is 36.1 Å². The molecule has 1 saturated heterocycles. The van der Waals surface area contributed by atoms with Crippen molar-refractivity contribution >= 4 is 21.8 Å². The predicted octanol–water partition coefficient (Wildman–Crippen LogP) is 2.70. The average Bonchev–Trinajstić information content (AvgIpc) is 2.29. The number of carbonyl (C=O) groups is 1. The van der Waals surface area contributed by atoms with Crippen LogP contribution in [0.4, 0.5) is 0 Å². The first-order valence-electron chi connectivity index (χ1n) is 5.75. The standard InChI is InChI=1S/C13H16BrNO2/c1-9-7-17-8-10(2)15(9)13(16)11-3-5-12(14)6-4-11/h3-6,9-10H,7-8H2,1-2H3. The van der Waals surface area contributed by atoms with Gasteiger partial charge in [0.2, 0.25) is 0 Å². The maximum absolute atomic E-state index is 12.4. The molecule has 1 aromatic rings. The summed E-state index contributed by atoms with van der Waals surface area (Å²) >= 11 is 3.37. The predicted molar refractivity (Wildman–Crippen MR) is 70.1 cm³/mol. The van der Waals surface area contributed by atoms with Crippen LogP contribution in [0.2, 0.25) is 0 Å². The molecule has 0 aliphatic carbocycles. The molecule has 2 rings (SSSR count). The van der Waals surface area contributed by atoms with Crippen LogP contribution in [0, 0.1) is 0 Å². The molecule has 1 aliphatic rings. The van der Waals surface area contributed by atoms with Crippen LogP contribution in [0.15, 0.2) is 28.7 Å². The molecule has 1 fully saturated rings. The van der Waals surface area contributed by atoms with Crippen molar-refractivity contribution < 1.29 is 9.53 Å². The van der Waals surface area contributed by atoms with Crippen molar-refractivity contribution in [2.75, 3.05) is 13.2 Å². The highest BCUT2D eigenvalue weighted by Crippen LogP contribution is 2.18. The molecule has 92 valence electrons. The highest BCUT2D eigenvalue weighted by atomic mass is 79.9. The molecular formula is C13H16BrNO2. The topological polar surface area (TPSA) is 29.5 Å². The molecule has 1 aromatic carbocycles. The van der Waals surface area contributed by atoms with E-state index in [2.05, 4.69) is 15.9 Å². The summed E-state index contributed by atoms with van der Waals surface area (Å²) in [6, 6.07) is 7.75. The first kappa shape index (κ1) is 12.6. The number of halogens is 1. The summed E-state index contributed by atoms with van der Waals surface area (Å²) in [5.41, 5.74) is 0.730. The van der Waals surface area contributed by atoms with Gasteiger partial charge in [0, 0.05) is 10.0 Å². The van der Waals surface area contributed by atoms with E-state index in [1.807, 2.05) is 43.0 Å². The number of amides is 1. The van der Waals surface area contributed by atoms with E-state index in [0.717, 1.165) is 10.0 Å². The van der Waals surface area contributed by atoms with E-state index in [9.17, 15) is 4.79 Å². The van der Waals surface area contributed by atoms with E-state index in [1.165, 1.54) is 0 Å². The summed E-state index contributed by atoms with van der Waals surface area (Å²) in [6.07, 6.45) is 0. The minimum atomic E-state index is 0.0841. The van der Waals surface area contributed by atoms with Gasteiger partial charge in [-0.15, -0.1) is 0 Å². The lowest BCUT2D eigenvalue weighted by molar-refractivity contribution is -0.0249. The number of carbonyl (C=O) groups excluding carboxylic acids is 1. The molecule has 17 heavy (non-hydrogen) atoms. The Morgan fingerprint density at radius 3 is 2.29 bits per heavy atom. The van der Waals surface area contributed by atoms with Crippen LogP contribution < -0.4 is 0 Å². The van der Waals surface area contributed by atoms with Gasteiger partial charge in [-0.3, -0.25) is 4.79 Å². The minimum absolute atomic E-state index is 0.0841. The Morgan fingerprint density at radius 2 is 1.76 bits per heavy atom. The first-order chi connectivity index (χ1) is 8.09. The fourth-order valence-electron chi connectivity index (χ4n) is 2.15. The van der Waals surface area contributed by atoms with E-state index >= 15 is 0 Å². The van der Waals surface area contributed by atoms with Gasteiger partial charge in [-0.2, -0.15) is 0 Å². The molecule has 0 aromatic heterocycles. The molecule has 1 amide bonds. The van der Waals surface area contributed by atoms with Gasteiger partial charge >= 0.3 is 0 Å². The largest absolute Gasteiger partial charge is 0.377 e. The van der Waals surface area contributed by atoms with Crippen LogP contribution in [0.1, 0.15) is 24.2 Å². The number of benzene rings is 1. The summed E-state index contributed by atoms with van der Waals surface area (Å²) < 4.78 is 6.41. The maximum atomic E-state index is 12.4.